The van der Waals surface area contributed by atoms with Crippen molar-refractivity contribution in [2.24, 2.45) is 11.1 Å². The summed E-state index contributed by atoms with van der Waals surface area (Å²) < 4.78 is 30.3. The van der Waals surface area contributed by atoms with Crippen molar-refractivity contribution in [2.45, 2.75) is 13.0 Å². The van der Waals surface area contributed by atoms with Gasteiger partial charge in [-0.05, 0) is 19.1 Å². The fraction of sp³-hybridized carbons (Fsp3) is 0.462. The van der Waals surface area contributed by atoms with Gasteiger partial charge in [-0.1, -0.05) is 12.1 Å². The van der Waals surface area contributed by atoms with Crippen molar-refractivity contribution in [2.75, 3.05) is 29.5 Å². The third-order valence-electron chi connectivity index (χ3n) is 3.51. The average Bonchev–Trinajstić information content (AvgIpc) is 2.71. The first kappa shape index (κ1) is 15.7. The monoisotopic (exact) mass is 313 g/mol. The highest BCUT2D eigenvalue weighted by Gasteiger charge is 2.44. The fourth-order valence-corrected chi connectivity index (χ4v) is 2.65. The molecule has 1 heterocycles. The van der Waals surface area contributed by atoms with E-state index in [4.69, 9.17) is 10.5 Å². The second-order valence-corrected chi connectivity index (χ2v) is 7.16. The van der Waals surface area contributed by atoms with Gasteiger partial charge in [-0.15, -0.1) is 0 Å². The van der Waals surface area contributed by atoms with Crippen LogP contribution in [0.4, 0.5) is 11.4 Å². The van der Waals surface area contributed by atoms with Gasteiger partial charge in [0.1, 0.15) is 0 Å². The van der Waals surface area contributed by atoms with Gasteiger partial charge in [-0.3, -0.25) is 9.52 Å². The van der Waals surface area contributed by atoms with Crippen molar-refractivity contribution in [3.8, 4) is 0 Å². The van der Waals surface area contributed by atoms with Crippen LogP contribution in [0.15, 0.2) is 24.3 Å². The maximum atomic E-state index is 12.4. The third kappa shape index (κ3) is 3.52. The maximum Gasteiger partial charge on any atom is 0.234 e. The molecule has 1 aliphatic rings. The Hall–Kier alpha value is -1.64. The van der Waals surface area contributed by atoms with Gasteiger partial charge < -0.3 is 15.8 Å². The van der Waals surface area contributed by atoms with Gasteiger partial charge in [-0.2, -0.15) is 0 Å². The van der Waals surface area contributed by atoms with E-state index in [9.17, 15) is 13.2 Å². The van der Waals surface area contributed by atoms with Gasteiger partial charge in [-0.25, -0.2) is 8.42 Å². The zero-order valence-corrected chi connectivity index (χ0v) is 12.7. The molecule has 0 radical (unpaired) electrons. The lowest BCUT2D eigenvalue weighted by atomic mass is 9.85. The highest BCUT2D eigenvalue weighted by atomic mass is 32.2. The molecule has 0 spiro atoms. The Balaban J connectivity index is 2.22. The number of ether oxygens (including phenoxy) is 1. The molecule has 1 fully saturated rings. The molecule has 0 aromatic heterocycles. The summed E-state index contributed by atoms with van der Waals surface area (Å²) in [5.41, 5.74) is 5.77. The normalized spacial score (nSPS) is 25.6. The molecule has 2 atom stereocenters. The Morgan fingerprint density at radius 1 is 1.38 bits per heavy atom. The standard InChI is InChI=1S/C13H19N3O4S/c1-13(8-20-7-11(13)14)12(17)15-9-5-3-4-6-10(9)16-21(2,18)19/h3-6,11,16H,7-8,14H2,1-2H3,(H,15,17). The van der Waals surface area contributed by atoms with Gasteiger partial charge in [0.25, 0.3) is 0 Å². The second kappa shape index (κ2) is 5.63. The van der Waals surface area contributed by atoms with Crippen LogP contribution in [0.3, 0.4) is 0 Å². The first-order chi connectivity index (χ1) is 9.72. The average molecular weight is 313 g/mol. The zero-order valence-electron chi connectivity index (χ0n) is 11.9. The second-order valence-electron chi connectivity index (χ2n) is 5.41. The number of rotatable bonds is 4. The maximum absolute atomic E-state index is 12.4. The lowest BCUT2D eigenvalue weighted by Crippen LogP contribution is -2.47. The lowest BCUT2D eigenvalue weighted by molar-refractivity contribution is -0.125. The van der Waals surface area contributed by atoms with Crippen LogP contribution < -0.4 is 15.8 Å². The van der Waals surface area contributed by atoms with E-state index in [0.717, 1.165) is 6.26 Å². The number of amides is 1. The largest absolute Gasteiger partial charge is 0.379 e. The fourth-order valence-electron chi connectivity index (χ4n) is 2.07. The Morgan fingerprint density at radius 3 is 2.52 bits per heavy atom. The molecule has 0 bridgehead atoms. The zero-order chi connectivity index (χ0) is 15.7. The van der Waals surface area contributed by atoms with Gasteiger partial charge in [0, 0.05) is 6.04 Å². The van der Waals surface area contributed by atoms with Gasteiger partial charge >= 0.3 is 0 Å². The van der Waals surface area contributed by atoms with E-state index < -0.39 is 21.5 Å². The minimum atomic E-state index is -3.43. The molecule has 4 N–H and O–H groups in total. The Bertz CT molecular complexity index is 647. The van der Waals surface area contributed by atoms with E-state index in [1.165, 1.54) is 0 Å². The van der Waals surface area contributed by atoms with Crippen molar-refractivity contribution in [1.29, 1.82) is 0 Å². The van der Waals surface area contributed by atoms with Crippen LogP contribution in [0.25, 0.3) is 0 Å². The molecular weight excluding hydrogens is 294 g/mol. The van der Waals surface area contributed by atoms with Crippen LogP contribution in [-0.2, 0) is 19.6 Å². The summed E-state index contributed by atoms with van der Waals surface area (Å²) in [7, 11) is -3.43. The summed E-state index contributed by atoms with van der Waals surface area (Å²) in [4.78, 5) is 12.4. The van der Waals surface area contributed by atoms with Crippen LogP contribution in [0.1, 0.15) is 6.92 Å². The first-order valence-electron chi connectivity index (χ1n) is 6.44. The van der Waals surface area contributed by atoms with Crippen molar-refractivity contribution in [3.05, 3.63) is 24.3 Å². The van der Waals surface area contributed by atoms with Crippen LogP contribution in [-0.4, -0.2) is 39.8 Å². The van der Waals surface area contributed by atoms with Gasteiger partial charge in [0.15, 0.2) is 0 Å². The number of para-hydroxylation sites is 2. The molecule has 7 nitrogen and oxygen atoms in total. The van der Waals surface area contributed by atoms with E-state index in [-0.39, 0.29) is 12.5 Å². The van der Waals surface area contributed by atoms with Crippen molar-refractivity contribution < 1.29 is 17.9 Å². The molecule has 1 aromatic carbocycles. The molecule has 1 amide bonds. The van der Waals surface area contributed by atoms with Crippen LogP contribution in [0.5, 0.6) is 0 Å². The molecule has 1 aromatic rings. The predicted octanol–water partition coefficient (Wildman–Crippen LogP) is 0.360. The number of sulfonamides is 1. The summed E-state index contributed by atoms with van der Waals surface area (Å²) in [5.74, 6) is -0.296. The molecule has 0 aliphatic carbocycles. The smallest absolute Gasteiger partial charge is 0.234 e. The van der Waals surface area contributed by atoms with E-state index in [1.807, 2.05) is 0 Å². The number of nitrogens with two attached hydrogens (primary N) is 1. The minimum Gasteiger partial charge on any atom is -0.379 e. The third-order valence-corrected chi connectivity index (χ3v) is 4.10. The van der Waals surface area contributed by atoms with E-state index in [2.05, 4.69) is 10.0 Å². The summed E-state index contributed by atoms with van der Waals surface area (Å²) in [6.45, 7) is 2.29. The topological polar surface area (TPSA) is 111 Å². The molecule has 2 rings (SSSR count). The number of hydrogen-bond acceptors (Lipinski definition) is 5. The highest BCUT2D eigenvalue weighted by molar-refractivity contribution is 7.92. The number of carbonyl (C=O) groups excluding carboxylic acids is 1. The number of hydrogen-bond donors (Lipinski definition) is 3. The van der Waals surface area contributed by atoms with Gasteiger partial charge in [0.2, 0.25) is 15.9 Å². The summed E-state index contributed by atoms with van der Waals surface area (Å²) in [6, 6.07) is 6.18. The van der Waals surface area contributed by atoms with Crippen LogP contribution >= 0.6 is 0 Å². The number of benzene rings is 1. The first-order valence-corrected chi connectivity index (χ1v) is 8.33. The SMILES string of the molecule is CC1(C(=O)Nc2ccccc2NS(C)(=O)=O)COCC1N. The van der Waals surface area contributed by atoms with Crippen molar-refractivity contribution >= 4 is 27.3 Å². The summed E-state index contributed by atoms with van der Waals surface area (Å²) in [5, 5.41) is 2.72. The molecule has 8 heteroatoms. The predicted molar refractivity (Wildman–Crippen MR) is 80.4 cm³/mol. The van der Waals surface area contributed by atoms with Crippen LogP contribution in [0.2, 0.25) is 0 Å². The quantitative estimate of drug-likeness (QED) is 0.743. The van der Waals surface area contributed by atoms with Gasteiger partial charge in [0.05, 0.1) is 36.3 Å². The van der Waals surface area contributed by atoms with Crippen molar-refractivity contribution in [1.82, 2.24) is 0 Å². The Kier molecular flexibility index (Phi) is 4.22. The van der Waals surface area contributed by atoms with Crippen molar-refractivity contribution in [3.63, 3.8) is 0 Å². The number of carbonyl (C=O) groups is 1. The Morgan fingerprint density at radius 2 is 2.00 bits per heavy atom. The lowest BCUT2D eigenvalue weighted by Gasteiger charge is -2.26. The molecule has 116 valence electrons. The van der Waals surface area contributed by atoms with E-state index in [1.54, 1.807) is 31.2 Å². The molecule has 1 aliphatic heterocycles. The van der Waals surface area contributed by atoms with Crippen LogP contribution in [0, 0.1) is 5.41 Å². The van der Waals surface area contributed by atoms with E-state index in [0.29, 0.717) is 18.0 Å². The van der Waals surface area contributed by atoms with E-state index >= 15 is 0 Å². The summed E-state index contributed by atoms with van der Waals surface area (Å²) in [6.07, 6.45) is 1.05. The highest BCUT2D eigenvalue weighted by Crippen LogP contribution is 2.30. The Labute approximate surface area is 123 Å². The molecule has 0 saturated carbocycles. The summed E-state index contributed by atoms with van der Waals surface area (Å²) >= 11 is 0. The molecule has 2 unspecified atom stereocenters. The number of nitrogens with one attached hydrogen (secondary N) is 2. The molecule has 21 heavy (non-hydrogen) atoms. The molecule has 1 saturated heterocycles. The minimum absolute atomic E-state index is 0.238. The number of anilines is 2. The molecular formula is C13H19N3O4S.